The van der Waals surface area contributed by atoms with Gasteiger partial charge in [-0.25, -0.2) is 0 Å². The first-order chi connectivity index (χ1) is 5.84. The first-order valence-corrected chi connectivity index (χ1v) is 4.78. The second-order valence-electron chi connectivity index (χ2n) is 3.53. The van der Waals surface area contributed by atoms with Crippen LogP contribution >= 0.6 is 15.9 Å². The maximum absolute atomic E-state index is 9.93. The molecular weight excluding hydrogens is 232 g/mol. The Bertz CT molecular complexity index is 316. The van der Waals surface area contributed by atoms with Crippen molar-refractivity contribution in [2.45, 2.75) is 25.9 Å². The van der Waals surface area contributed by atoms with Crippen molar-refractivity contribution in [2.75, 3.05) is 0 Å². The minimum atomic E-state index is -0.931. The van der Waals surface area contributed by atoms with Gasteiger partial charge in [-0.05, 0) is 25.0 Å². The van der Waals surface area contributed by atoms with Crippen LogP contribution in [0.5, 0.6) is 0 Å². The van der Waals surface area contributed by atoms with Crippen molar-refractivity contribution in [3.05, 3.63) is 21.7 Å². The largest absolute Gasteiger partial charge is 0.385 e. The van der Waals surface area contributed by atoms with Gasteiger partial charge in [-0.2, -0.15) is 0 Å². The fourth-order valence-electron chi connectivity index (χ4n) is 1.42. The topological polar surface area (TPSA) is 70.1 Å². The summed E-state index contributed by atoms with van der Waals surface area (Å²) < 4.78 is 0.769. The average Bonchev–Trinajstić information content (AvgIpc) is 1.99. The Morgan fingerprint density at radius 3 is 2.69 bits per heavy atom. The van der Waals surface area contributed by atoms with E-state index in [1.54, 1.807) is 6.92 Å². The Balaban J connectivity index is 3.12. The van der Waals surface area contributed by atoms with Crippen LogP contribution in [-0.2, 0) is 0 Å². The molecule has 0 bridgehead atoms. The summed E-state index contributed by atoms with van der Waals surface area (Å²) in [5, 5.41) is 17.2. The minimum Gasteiger partial charge on any atom is -0.385 e. The van der Waals surface area contributed by atoms with Crippen molar-refractivity contribution in [1.29, 1.82) is 5.41 Å². The zero-order valence-corrected chi connectivity index (χ0v) is 9.27. The lowest BCUT2D eigenvalue weighted by molar-refractivity contribution is 0.108. The van der Waals surface area contributed by atoms with E-state index in [1.807, 2.05) is 13.0 Å². The smallest absolute Gasteiger partial charge is 0.118 e. The van der Waals surface area contributed by atoms with Gasteiger partial charge in [-0.1, -0.05) is 22.0 Å². The average molecular weight is 245 g/mol. The van der Waals surface area contributed by atoms with Crippen molar-refractivity contribution in [2.24, 2.45) is 5.73 Å². The molecule has 13 heavy (non-hydrogen) atoms. The van der Waals surface area contributed by atoms with Crippen molar-refractivity contribution >= 4 is 21.8 Å². The molecule has 0 saturated heterocycles. The first kappa shape index (κ1) is 10.5. The van der Waals surface area contributed by atoms with E-state index in [1.165, 1.54) is 0 Å². The van der Waals surface area contributed by atoms with Crippen LogP contribution in [0.4, 0.5) is 0 Å². The van der Waals surface area contributed by atoms with Gasteiger partial charge < -0.3 is 10.8 Å². The molecule has 0 radical (unpaired) electrons. The van der Waals surface area contributed by atoms with Crippen LogP contribution in [0.3, 0.4) is 0 Å². The number of hydrogen-bond donors (Lipinski definition) is 3. The summed E-state index contributed by atoms with van der Waals surface area (Å²) in [5.41, 5.74) is 6.04. The van der Waals surface area contributed by atoms with Gasteiger partial charge >= 0.3 is 0 Å². The van der Waals surface area contributed by atoms with Crippen LogP contribution < -0.4 is 5.73 Å². The van der Waals surface area contributed by atoms with Crippen molar-refractivity contribution < 1.29 is 5.11 Å². The molecule has 0 spiro atoms. The molecule has 0 aromatic rings. The van der Waals surface area contributed by atoms with E-state index in [0.29, 0.717) is 12.0 Å². The Morgan fingerprint density at radius 1 is 1.77 bits per heavy atom. The molecule has 0 saturated carbocycles. The monoisotopic (exact) mass is 244 g/mol. The molecule has 0 aromatic carbocycles. The highest BCUT2D eigenvalue weighted by molar-refractivity contribution is 9.11. The molecule has 1 aliphatic carbocycles. The fourth-order valence-corrected chi connectivity index (χ4v) is 1.68. The molecule has 0 amide bonds. The van der Waals surface area contributed by atoms with E-state index in [4.69, 9.17) is 11.1 Å². The Labute approximate surface area is 86.0 Å². The third-order valence-corrected chi connectivity index (χ3v) is 3.57. The van der Waals surface area contributed by atoms with Gasteiger partial charge in [0.15, 0.2) is 0 Å². The molecule has 4 N–H and O–H groups in total. The van der Waals surface area contributed by atoms with Gasteiger partial charge in [-0.3, -0.25) is 5.41 Å². The van der Waals surface area contributed by atoms with Crippen molar-refractivity contribution in [1.82, 2.24) is 0 Å². The molecule has 72 valence electrons. The Kier molecular flexibility index (Phi) is 2.63. The molecule has 0 aromatic heterocycles. The van der Waals surface area contributed by atoms with Crippen molar-refractivity contribution in [3.63, 3.8) is 0 Å². The first-order valence-electron chi connectivity index (χ1n) is 3.99. The number of hydrogen-bond acceptors (Lipinski definition) is 2. The highest BCUT2D eigenvalue weighted by Gasteiger charge is 2.30. The van der Waals surface area contributed by atoms with Crippen LogP contribution in [0, 0.1) is 5.41 Å². The van der Waals surface area contributed by atoms with Crippen LogP contribution in [0.1, 0.15) is 20.3 Å². The van der Waals surface area contributed by atoms with Gasteiger partial charge in [0, 0.05) is 10.9 Å². The maximum atomic E-state index is 9.93. The van der Waals surface area contributed by atoms with Gasteiger partial charge in [0.1, 0.15) is 5.84 Å². The normalized spacial score (nSPS) is 28.8. The lowest BCUT2D eigenvalue weighted by atomic mass is 9.88. The van der Waals surface area contributed by atoms with E-state index in [9.17, 15) is 5.11 Å². The molecule has 0 fully saturated rings. The second kappa shape index (κ2) is 3.27. The Hall–Kier alpha value is -0.610. The summed E-state index contributed by atoms with van der Waals surface area (Å²) in [6.45, 7) is 3.58. The highest BCUT2D eigenvalue weighted by atomic mass is 79.9. The van der Waals surface area contributed by atoms with Crippen LogP contribution in [-0.4, -0.2) is 16.5 Å². The molecule has 0 heterocycles. The minimum absolute atomic E-state index is 0.0274. The zero-order chi connectivity index (χ0) is 10.2. The lowest BCUT2D eigenvalue weighted by Crippen LogP contribution is -2.31. The standard InChI is InChI=1S/C9H13BrN2O/c1-5-3-6(8(11)12)4-9(2,13)7(5)10/h3,13H,4H2,1-2H3,(H3,11,12). The van der Waals surface area contributed by atoms with Crippen LogP contribution in [0.2, 0.25) is 0 Å². The lowest BCUT2D eigenvalue weighted by Gasteiger charge is -2.29. The third kappa shape index (κ3) is 2.00. The van der Waals surface area contributed by atoms with Gasteiger partial charge in [-0.15, -0.1) is 0 Å². The number of halogens is 1. The highest BCUT2D eigenvalue weighted by Crippen LogP contribution is 2.36. The van der Waals surface area contributed by atoms with Crippen LogP contribution in [0.25, 0.3) is 0 Å². The zero-order valence-electron chi connectivity index (χ0n) is 7.69. The molecule has 4 heteroatoms. The molecule has 1 unspecified atom stereocenters. The number of rotatable bonds is 1. The van der Waals surface area contributed by atoms with Crippen molar-refractivity contribution in [3.8, 4) is 0 Å². The quantitative estimate of drug-likeness (QED) is 0.485. The number of nitrogens with two attached hydrogens (primary N) is 1. The summed E-state index contributed by atoms with van der Waals surface area (Å²) in [5.74, 6) is 0.0274. The summed E-state index contributed by atoms with van der Waals surface area (Å²) >= 11 is 3.33. The van der Waals surface area contributed by atoms with E-state index >= 15 is 0 Å². The van der Waals surface area contributed by atoms with E-state index in [2.05, 4.69) is 15.9 Å². The summed E-state index contributed by atoms with van der Waals surface area (Å²) in [4.78, 5) is 0. The molecule has 1 aliphatic rings. The SMILES string of the molecule is CC1=C(Br)C(C)(O)CC(C(=N)N)=C1. The Morgan fingerprint density at radius 2 is 2.31 bits per heavy atom. The summed E-state index contributed by atoms with van der Waals surface area (Å²) in [6.07, 6.45) is 2.21. The number of nitrogens with one attached hydrogen (secondary N) is 1. The van der Waals surface area contributed by atoms with E-state index in [-0.39, 0.29) is 5.84 Å². The number of allylic oxidation sites excluding steroid dienone is 2. The van der Waals surface area contributed by atoms with E-state index in [0.717, 1.165) is 10.1 Å². The third-order valence-electron chi connectivity index (χ3n) is 2.09. The summed E-state index contributed by atoms with van der Waals surface area (Å²) in [6, 6.07) is 0. The number of aliphatic hydroxyl groups is 1. The predicted molar refractivity (Wildman–Crippen MR) is 56.9 cm³/mol. The van der Waals surface area contributed by atoms with E-state index < -0.39 is 5.60 Å². The molecular formula is C9H13BrN2O. The maximum Gasteiger partial charge on any atom is 0.118 e. The van der Waals surface area contributed by atoms with Gasteiger partial charge in [0.05, 0.1) is 5.60 Å². The van der Waals surface area contributed by atoms with Gasteiger partial charge in [0.25, 0.3) is 0 Å². The van der Waals surface area contributed by atoms with Gasteiger partial charge in [0.2, 0.25) is 0 Å². The fraction of sp³-hybridized carbons (Fsp3) is 0.444. The number of amidine groups is 1. The molecule has 0 aliphatic heterocycles. The molecule has 1 rings (SSSR count). The predicted octanol–water partition coefficient (Wildman–Crippen LogP) is 1.67. The second-order valence-corrected chi connectivity index (χ2v) is 4.32. The summed E-state index contributed by atoms with van der Waals surface area (Å²) in [7, 11) is 0. The molecule has 3 nitrogen and oxygen atoms in total. The van der Waals surface area contributed by atoms with Crippen LogP contribution in [0.15, 0.2) is 21.7 Å². The molecule has 1 atom stereocenters.